The van der Waals surface area contributed by atoms with Gasteiger partial charge in [-0.25, -0.2) is 4.39 Å². The lowest BCUT2D eigenvalue weighted by atomic mass is 9.96. The van der Waals surface area contributed by atoms with Gasteiger partial charge in [0, 0.05) is 12.5 Å². The highest BCUT2D eigenvalue weighted by molar-refractivity contribution is 5.76. The van der Waals surface area contributed by atoms with Gasteiger partial charge in [-0.2, -0.15) is 0 Å². The molecule has 4 nitrogen and oxygen atoms in total. The second-order valence-electron chi connectivity index (χ2n) is 7.95. The minimum Gasteiger partial charge on any atom is -0.490 e. The monoisotopic (exact) mass is 383 g/mol. The minimum atomic E-state index is -0.250. The fraction of sp³-hybridized carbons (Fsp3) is 0.435. The topological polar surface area (TPSA) is 38.8 Å². The van der Waals surface area contributed by atoms with E-state index in [9.17, 15) is 9.18 Å². The molecule has 0 bridgehead atoms. The van der Waals surface area contributed by atoms with Crippen LogP contribution in [0.5, 0.6) is 11.5 Å². The van der Waals surface area contributed by atoms with E-state index in [0.717, 1.165) is 24.2 Å². The maximum atomic E-state index is 14.4. The summed E-state index contributed by atoms with van der Waals surface area (Å²) in [6.07, 6.45) is 2.98. The van der Waals surface area contributed by atoms with Crippen molar-refractivity contribution in [3.05, 3.63) is 53.8 Å². The summed E-state index contributed by atoms with van der Waals surface area (Å²) >= 11 is 0. The second kappa shape index (κ2) is 7.82. The molecule has 1 atom stereocenters. The van der Waals surface area contributed by atoms with Crippen molar-refractivity contribution in [1.29, 1.82) is 0 Å². The third-order valence-electron chi connectivity index (χ3n) is 5.28. The Morgan fingerprint density at radius 2 is 1.71 bits per heavy atom. The van der Waals surface area contributed by atoms with Gasteiger partial charge in [0.2, 0.25) is 0 Å². The third-order valence-corrected chi connectivity index (χ3v) is 5.28. The molecular formula is C23H26FNO3. The molecular weight excluding hydrogens is 357 g/mol. The fourth-order valence-electron chi connectivity index (χ4n) is 3.52. The Balaban J connectivity index is 1.29. The van der Waals surface area contributed by atoms with Crippen LogP contribution in [0.1, 0.15) is 44.6 Å². The summed E-state index contributed by atoms with van der Waals surface area (Å²) in [5.74, 6) is 1.57. The van der Waals surface area contributed by atoms with E-state index in [1.165, 1.54) is 6.07 Å². The van der Waals surface area contributed by atoms with Gasteiger partial charge in [-0.15, -0.1) is 0 Å². The molecule has 1 heterocycles. The van der Waals surface area contributed by atoms with Crippen molar-refractivity contribution in [2.24, 2.45) is 0 Å². The molecule has 5 heteroatoms. The Morgan fingerprint density at radius 3 is 2.32 bits per heavy atom. The first kappa shape index (κ1) is 18.8. The van der Waals surface area contributed by atoms with Gasteiger partial charge in [0.25, 0.3) is 0 Å². The van der Waals surface area contributed by atoms with E-state index in [1.807, 2.05) is 35.2 Å². The molecule has 1 aliphatic heterocycles. The van der Waals surface area contributed by atoms with Gasteiger partial charge in [0.15, 0.2) is 0 Å². The number of nitrogens with zero attached hydrogens (tertiary/aromatic N) is 1. The zero-order valence-corrected chi connectivity index (χ0v) is 16.4. The normalized spacial score (nSPS) is 17.8. The quantitative estimate of drug-likeness (QED) is 0.661. The minimum absolute atomic E-state index is 0.0438. The highest BCUT2D eigenvalue weighted by Gasteiger charge is 2.31. The van der Waals surface area contributed by atoms with Crippen molar-refractivity contribution >= 4 is 11.5 Å². The van der Waals surface area contributed by atoms with E-state index in [2.05, 4.69) is 6.92 Å². The van der Waals surface area contributed by atoms with Gasteiger partial charge in [0.1, 0.15) is 29.2 Å². The molecule has 2 fully saturated rings. The number of halogens is 1. The number of Topliss-reactive ketones (excluding diaryl/α,β-unsaturated/α-hetero) is 1. The summed E-state index contributed by atoms with van der Waals surface area (Å²) < 4.78 is 26.0. The number of hydrogen-bond donors (Lipinski definition) is 0. The van der Waals surface area contributed by atoms with E-state index >= 15 is 0 Å². The molecule has 0 aromatic heterocycles. The third kappa shape index (κ3) is 4.46. The highest BCUT2D eigenvalue weighted by Crippen LogP contribution is 2.32. The molecule has 0 amide bonds. The Morgan fingerprint density at radius 1 is 1.07 bits per heavy atom. The summed E-state index contributed by atoms with van der Waals surface area (Å²) in [6.45, 7) is 4.98. The van der Waals surface area contributed by atoms with Crippen molar-refractivity contribution < 1.29 is 18.7 Å². The van der Waals surface area contributed by atoms with Crippen LogP contribution >= 0.6 is 0 Å². The summed E-state index contributed by atoms with van der Waals surface area (Å²) in [6, 6.07) is 13.0. The first-order chi connectivity index (χ1) is 13.5. The molecule has 1 saturated carbocycles. The number of benzene rings is 2. The van der Waals surface area contributed by atoms with Crippen LogP contribution in [0.15, 0.2) is 42.5 Å². The smallest absolute Gasteiger partial charge is 0.150 e. The first-order valence-corrected chi connectivity index (χ1v) is 9.95. The summed E-state index contributed by atoms with van der Waals surface area (Å²) in [4.78, 5) is 13.2. The molecule has 0 N–H and O–H groups in total. The van der Waals surface area contributed by atoms with Gasteiger partial charge in [0.05, 0.1) is 24.9 Å². The van der Waals surface area contributed by atoms with Crippen LogP contribution < -0.4 is 14.4 Å². The van der Waals surface area contributed by atoms with Crippen LogP contribution in [-0.4, -0.2) is 31.1 Å². The molecule has 28 heavy (non-hydrogen) atoms. The summed E-state index contributed by atoms with van der Waals surface area (Å²) in [7, 11) is 0. The molecule has 0 spiro atoms. The van der Waals surface area contributed by atoms with Crippen molar-refractivity contribution in [2.45, 2.75) is 51.2 Å². The Bertz CT molecular complexity index is 841. The first-order valence-electron chi connectivity index (χ1n) is 9.95. The van der Waals surface area contributed by atoms with Crippen molar-refractivity contribution in [3.63, 3.8) is 0 Å². The van der Waals surface area contributed by atoms with Gasteiger partial charge in [-0.3, -0.25) is 0 Å². The standard InChI is InChI=1S/C23H26FNO3/c1-15(11-16(2)26)17-3-5-18(6-4-17)28-21-13-25(14-21)23-10-9-20(12-22(23)24)27-19-7-8-19/h3-6,9-10,12,15,19,21H,7-8,11,13-14H2,1-2H3/t15-/m1/s1. The lowest BCUT2D eigenvalue weighted by molar-refractivity contribution is -0.117. The lowest BCUT2D eigenvalue weighted by Gasteiger charge is -2.40. The number of rotatable bonds is 8. The van der Waals surface area contributed by atoms with Crippen LogP contribution in [0.4, 0.5) is 10.1 Å². The molecule has 1 aliphatic carbocycles. The van der Waals surface area contributed by atoms with Crippen LogP contribution in [0.2, 0.25) is 0 Å². The van der Waals surface area contributed by atoms with E-state index in [4.69, 9.17) is 9.47 Å². The lowest BCUT2D eigenvalue weighted by Crippen LogP contribution is -2.54. The largest absolute Gasteiger partial charge is 0.490 e. The predicted octanol–water partition coefficient (Wildman–Crippen LogP) is 4.72. The maximum Gasteiger partial charge on any atom is 0.150 e. The number of ketones is 1. The van der Waals surface area contributed by atoms with E-state index in [-0.39, 0.29) is 29.7 Å². The average molecular weight is 383 g/mol. The number of carbonyl (C=O) groups is 1. The van der Waals surface area contributed by atoms with Crippen LogP contribution in [-0.2, 0) is 4.79 Å². The SMILES string of the molecule is CC(=O)C[C@@H](C)c1ccc(OC2CN(c3ccc(OC4CC4)cc3F)C2)cc1. The number of carbonyl (C=O) groups excluding carboxylic acids is 1. The summed E-state index contributed by atoms with van der Waals surface area (Å²) in [5.41, 5.74) is 1.73. The number of anilines is 1. The molecule has 2 aromatic carbocycles. The predicted molar refractivity (Wildman–Crippen MR) is 107 cm³/mol. The zero-order chi connectivity index (χ0) is 19.7. The van der Waals surface area contributed by atoms with Gasteiger partial charge in [-0.05, 0) is 55.5 Å². The molecule has 0 unspecified atom stereocenters. The van der Waals surface area contributed by atoms with E-state index in [0.29, 0.717) is 30.9 Å². The van der Waals surface area contributed by atoms with Gasteiger partial charge < -0.3 is 19.2 Å². The van der Waals surface area contributed by atoms with Crippen molar-refractivity contribution in [1.82, 2.24) is 0 Å². The molecule has 2 aromatic rings. The van der Waals surface area contributed by atoms with E-state index in [1.54, 1.807) is 13.0 Å². The van der Waals surface area contributed by atoms with Gasteiger partial charge in [-0.1, -0.05) is 19.1 Å². The van der Waals surface area contributed by atoms with E-state index < -0.39 is 0 Å². The molecule has 1 saturated heterocycles. The fourth-order valence-corrected chi connectivity index (χ4v) is 3.52. The van der Waals surface area contributed by atoms with Crippen LogP contribution in [0, 0.1) is 5.82 Å². The molecule has 4 rings (SSSR count). The van der Waals surface area contributed by atoms with Crippen LogP contribution in [0.3, 0.4) is 0 Å². The Kier molecular flexibility index (Phi) is 5.25. The molecule has 2 aliphatic rings. The summed E-state index contributed by atoms with van der Waals surface area (Å²) in [5, 5.41) is 0. The average Bonchev–Trinajstić information content (AvgIpc) is 3.42. The Hall–Kier alpha value is -2.56. The molecule has 0 radical (unpaired) electrons. The maximum absolute atomic E-state index is 14.4. The van der Waals surface area contributed by atoms with Crippen LogP contribution in [0.25, 0.3) is 0 Å². The molecule has 148 valence electrons. The van der Waals surface area contributed by atoms with Crippen molar-refractivity contribution in [3.8, 4) is 11.5 Å². The second-order valence-corrected chi connectivity index (χ2v) is 7.95. The number of ether oxygens (including phenoxy) is 2. The van der Waals surface area contributed by atoms with Crippen molar-refractivity contribution in [2.75, 3.05) is 18.0 Å². The number of hydrogen-bond acceptors (Lipinski definition) is 4. The van der Waals surface area contributed by atoms with Gasteiger partial charge >= 0.3 is 0 Å². The zero-order valence-electron chi connectivity index (χ0n) is 16.4. The highest BCUT2D eigenvalue weighted by atomic mass is 19.1. The Labute approximate surface area is 165 Å².